The Morgan fingerprint density at radius 3 is 2.59 bits per heavy atom. The first-order valence-electron chi connectivity index (χ1n) is 11.6. The molecule has 1 aliphatic carbocycles. The van der Waals surface area contributed by atoms with Crippen LogP contribution >= 0.6 is 11.3 Å². The van der Waals surface area contributed by atoms with Gasteiger partial charge < -0.3 is 15.7 Å². The predicted octanol–water partition coefficient (Wildman–Crippen LogP) is 5.10. The van der Waals surface area contributed by atoms with E-state index in [4.69, 9.17) is 15.0 Å². The number of pyridine rings is 1. The van der Waals surface area contributed by atoms with Crippen LogP contribution in [0.3, 0.4) is 0 Å². The van der Waals surface area contributed by atoms with Crippen molar-refractivity contribution in [1.29, 1.82) is 0 Å². The Morgan fingerprint density at radius 1 is 1.12 bits per heavy atom. The largest absolute Gasteiger partial charge is 0.396 e. The van der Waals surface area contributed by atoms with Crippen LogP contribution in [-0.2, 0) is 0 Å². The Labute approximate surface area is 194 Å². The fourth-order valence-electron chi connectivity index (χ4n) is 4.07. The first-order valence-corrected chi connectivity index (χ1v) is 12.4. The van der Waals surface area contributed by atoms with Gasteiger partial charge in [-0.05, 0) is 64.9 Å². The van der Waals surface area contributed by atoms with Crippen molar-refractivity contribution in [2.75, 3.05) is 23.8 Å². The topological polar surface area (TPSA) is 95.8 Å². The Bertz CT molecular complexity index is 1090. The average Bonchev–Trinajstić information content (AvgIpc) is 3.48. The molecule has 1 aliphatic rings. The molecule has 0 bridgehead atoms. The maximum atomic E-state index is 9.64. The number of rotatable bonds is 10. The highest BCUT2D eigenvalue weighted by molar-refractivity contribution is 7.21. The number of nitrogens with one attached hydrogen (secondary N) is 2. The lowest BCUT2D eigenvalue weighted by Gasteiger charge is -2.21. The molecule has 7 nitrogen and oxygen atoms in total. The zero-order valence-electron chi connectivity index (χ0n) is 19.7. The van der Waals surface area contributed by atoms with Crippen LogP contribution in [0.15, 0.2) is 6.07 Å². The summed E-state index contributed by atoms with van der Waals surface area (Å²) in [6.07, 6.45) is 4.40. The maximum Gasteiger partial charge on any atom is 0.224 e. The van der Waals surface area contributed by atoms with Gasteiger partial charge in [0.25, 0.3) is 0 Å². The summed E-state index contributed by atoms with van der Waals surface area (Å²) >= 11 is 1.66. The van der Waals surface area contributed by atoms with Crippen LogP contribution in [0.1, 0.15) is 56.6 Å². The van der Waals surface area contributed by atoms with Gasteiger partial charge in [0.15, 0.2) is 0 Å². The van der Waals surface area contributed by atoms with E-state index < -0.39 is 0 Å². The molecular formula is C24H34N6OS. The molecule has 3 aromatic rings. The molecule has 2 atom stereocenters. The minimum atomic E-state index is 0.163. The number of aromatic nitrogens is 4. The van der Waals surface area contributed by atoms with Gasteiger partial charge in [-0.2, -0.15) is 4.98 Å². The van der Waals surface area contributed by atoms with Crippen molar-refractivity contribution in [2.24, 2.45) is 11.8 Å². The third-order valence-electron chi connectivity index (χ3n) is 6.14. The molecule has 1 fully saturated rings. The van der Waals surface area contributed by atoms with E-state index in [9.17, 15) is 5.11 Å². The molecule has 0 aromatic carbocycles. The molecule has 32 heavy (non-hydrogen) atoms. The molecular weight excluding hydrogens is 420 g/mol. The van der Waals surface area contributed by atoms with Crippen molar-refractivity contribution < 1.29 is 5.11 Å². The third-order valence-corrected chi connectivity index (χ3v) is 7.16. The lowest BCUT2D eigenvalue weighted by Crippen LogP contribution is -2.23. The average molecular weight is 455 g/mol. The van der Waals surface area contributed by atoms with E-state index in [1.807, 2.05) is 20.8 Å². The third kappa shape index (κ3) is 5.18. The van der Waals surface area contributed by atoms with E-state index >= 15 is 0 Å². The lowest BCUT2D eigenvalue weighted by molar-refractivity contribution is 0.211. The van der Waals surface area contributed by atoms with Crippen molar-refractivity contribution in [2.45, 2.75) is 66.3 Å². The van der Waals surface area contributed by atoms with Gasteiger partial charge in [0, 0.05) is 24.9 Å². The molecule has 8 heteroatoms. The van der Waals surface area contributed by atoms with Crippen molar-refractivity contribution in [3.05, 3.63) is 23.1 Å². The summed E-state index contributed by atoms with van der Waals surface area (Å²) in [7, 11) is 0. The van der Waals surface area contributed by atoms with Gasteiger partial charge in [0.05, 0.1) is 21.7 Å². The lowest BCUT2D eigenvalue weighted by atomic mass is 9.99. The molecule has 3 heterocycles. The number of hydrogen-bond acceptors (Lipinski definition) is 8. The fourth-order valence-corrected chi connectivity index (χ4v) is 5.28. The van der Waals surface area contributed by atoms with E-state index in [0.29, 0.717) is 5.95 Å². The number of aliphatic hydroxyl groups is 1. The second-order valence-corrected chi connectivity index (χ2v) is 10.2. The van der Waals surface area contributed by atoms with Gasteiger partial charge in [0.1, 0.15) is 16.3 Å². The van der Waals surface area contributed by atoms with Crippen LogP contribution in [0.5, 0.6) is 0 Å². The van der Waals surface area contributed by atoms with Crippen molar-refractivity contribution in [1.82, 2.24) is 19.9 Å². The fraction of sp³-hybridized carbons (Fsp3) is 0.583. The molecule has 0 saturated heterocycles. The van der Waals surface area contributed by atoms with E-state index in [-0.39, 0.29) is 18.6 Å². The summed E-state index contributed by atoms with van der Waals surface area (Å²) in [4.78, 5) is 19.2. The summed E-state index contributed by atoms with van der Waals surface area (Å²) in [6, 6.07) is 2.25. The number of nitrogens with zero attached hydrogens (tertiary/aromatic N) is 4. The van der Waals surface area contributed by atoms with E-state index in [1.54, 1.807) is 11.3 Å². The van der Waals surface area contributed by atoms with Crippen LogP contribution in [0.4, 0.5) is 11.8 Å². The van der Waals surface area contributed by atoms with E-state index in [0.717, 1.165) is 69.0 Å². The van der Waals surface area contributed by atoms with Crippen molar-refractivity contribution in [3.8, 4) is 10.6 Å². The molecule has 0 radical (unpaired) electrons. The highest BCUT2D eigenvalue weighted by atomic mass is 32.1. The van der Waals surface area contributed by atoms with Gasteiger partial charge >= 0.3 is 0 Å². The summed E-state index contributed by atoms with van der Waals surface area (Å²) in [5.41, 5.74) is 4.74. The number of fused-ring (bicyclic) bond motifs is 1. The number of aryl methyl sites for hydroxylation is 3. The SMILES string of the molecule is CCC(CO)CC(C)Nc1nc(NCC2CC2)nc(C)c1-c1nc2c(C)nc(C)cc2s1. The quantitative estimate of drug-likeness (QED) is 0.392. The van der Waals surface area contributed by atoms with Gasteiger partial charge in [-0.25, -0.2) is 9.97 Å². The molecule has 172 valence electrons. The highest BCUT2D eigenvalue weighted by Crippen LogP contribution is 2.37. The molecule has 4 rings (SSSR count). The molecule has 0 spiro atoms. The Kier molecular flexibility index (Phi) is 6.90. The Balaban J connectivity index is 1.71. The number of thiazole rings is 1. The monoisotopic (exact) mass is 454 g/mol. The maximum absolute atomic E-state index is 9.64. The van der Waals surface area contributed by atoms with Crippen molar-refractivity contribution >= 4 is 33.3 Å². The van der Waals surface area contributed by atoms with Gasteiger partial charge in [0.2, 0.25) is 5.95 Å². The normalized spacial score (nSPS) is 15.7. The van der Waals surface area contributed by atoms with Gasteiger partial charge in [-0.15, -0.1) is 11.3 Å². The van der Waals surface area contributed by atoms with Crippen LogP contribution in [0.25, 0.3) is 20.8 Å². The zero-order chi connectivity index (χ0) is 22.8. The van der Waals surface area contributed by atoms with Gasteiger partial charge in [-0.1, -0.05) is 13.3 Å². The van der Waals surface area contributed by atoms with Crippen molar-refractivity contribution in [3.63, 3.8) is 0 Å². The highest BCUT2D eigenvalue weighted by Gasteiger charge is 2.23. The molecule has 3 aromatic heterocycles. The van der Waals surface area contributed by atoms with Crippen LogP contribution in [0.2, 0.25) is 0 Å². The predicted molar refractivity (Wildman–Crippen MR) is 132 cm³/mol. The van der Waals surface area contributed by atoms with E-state index in [1.165, 1.54) is 12.8 Å². The van der Waals surface area contributed by atoms with E-state index in [2.05, 4.69) is 35.5 Å². The minimum absolute atomic E-state index is 0.163. The molecule has 0 aliphatic heterocycles. The second-order valence-electron chi connectivity index (χ2n) is 9.13. The van der Waals surface area contributed by atoms with Crippen LogP contribution < -0.4 is 10.6 Å². The van der Waals surface area contributed by atoms with Gasteiger partial charge in [-0.3, -0.25) is 4.98 Å². The second kappa shape index (κ2) is 9.67. The molecule has 3 N–H and O–H groups in total. The summed E-state index contributed by atoms with van der Waals surface area (Å²) in [5, 5.41) is 17.6. The first-order chi connectivity index (χ1) is 15.4. The molecule has 2 unspecified atom stereocenters. The van der Waals surface area contributed by atoms with Crippen LogP contribution in [-0.4, -0.2) is 44.2 Å². The molecule has 0 amide bonds. The smallest absolute Gasteiger partial charge is 0.224 e. The molecule has 1 saturated carbocycles. The van der Waals surface area contributed by atoms with Crippen LogP contribution in [0, 0.1) is 32.6 Å². The standard InChI is InChI=1S/C24H34N6OS/c1-6-17(12-31)9-13(2)27-22-20(15(4)28-24(30-22)25-11-18-7-8-18)23-29-21-16(5)26-14(3)10-19(21)32-23/h10,13,17-18,31H,6-9,11-12H2,1-5H3,(H2,25,27,28,30). The number of hydrogen-bond donors (Lipinski definition) is 3. The Morgan fingerprint density at radius 2 is 1.91 bits per heavy atom. The first kappa shape index (κ1) is 22.9. The number of anilines is 2. The zero-order valence-corrected chi connectivity index (χ0v) is 20.5. The Hall–Kier alpha value is -2.32. The minimum Gasteiger partial charge on any atom is -0.396 e. The summed E-state index contributed by atoms with van der Waals surface area (Å²) < 4.78 is 1.13. The number of aliphatic hydroxyl groups excluding tert-OH is 1. The summed E-state index contributed by atoms with van der Waals surface area (Å²) in [5.74, 6) is 2.48. The summed E-state index contributed by atoms with van der Waals surface area (Å²) in [6.45, 7) is 11.4.